The van der Waals surface area contributed by atoms with E-state index >= 15 is 0 Å². The number of rotatable bonds is 6. The molecule has 1 aromatic heterocycles. The molecule has 1 aromatic carbocycles. The van der Waals surface area contributed by atoms with Gasteiger partial charge in [-0.2, -0.15) is 10.4 Å². The number of ether oxygens (including phenoxy) is 1. The predicted octanol–water partition coefficient (Wildman–Crippen LogP) is 1.84. The van der Waals surface area contributed by atoms with Gasteiger partial charge >= 0.3 is 0 Å². The van der Waals surface area contributed by atoms with Crippen LogP contribution in [0, 0.1) is 17.2 Å². The van der Waals surface area contributed by atoms with Crippen LogP contribution in [0.1, 0.15) is 12.0 Å². The van der Waals surface area contributed by atoms with Crippen LogP contribution in [-0.4, -0.2) is 35.4 Å². The van der Waals surface area contributed by atoms with Crippen molar-refractivity contribution in [3.63, 3.8) is 0 Å². The second kappa shape index (κ2) is 7.62. The van der Waals surface area contributed by atoms with E-state index in [2.05, 4.69) is 21.8 Å². The molecule has 1 fully saturated rings. The van der Waals surface area contributed by atoms with Gasteiger partial charge in [-0.1, -0.05) is 0 Å². The van der Waals surface area contributed by atoms with E-state index in [1.54, 1.807) is 41.2 Å². The number of hydrogen-bond acceptors (Lipinski definition) is 5. The van der Waals surface area contributed by atoms with Crippen molar-refractivity contribution in [1.82, 2.24) is 9.78 Å². The summed E-state index contributed by atoms with van der Waals surface area (Å²) in [7, 11) is 0. The van der Waals surface area contributed by atoms with Gasteiger partial charge in [0, 0.05) is 30.8 Å². The molecule has 2 N–H and O–H groups in total. The number of carbonyl (C=O) groups excluding carboxylic acids is 1. The highest BCUT2D eigenvalue weighted by atomic mass is 16.5. The Kier molecular flexibility index (Phi) is 5.08. The molecule has 1 aliphatic rings. The Morgan fingerprint density at radius 1 is 1.38 bits per heavy atom. The molecular weight excluding hydrogens is 306 g/mol. The standard InChI is InChI=1S/C17H19N5O2/c18-9-13-1-3-15(4-2-13)19-10-17(23)21-16-5-7-20-22(16)11-14-6-8-24-12-14/h1-5,7,14,19H,6,8,10-12H2,(H,21,23). The predicted molar refractivity (Wildman–Crippen MR) is 89.4 cm³/mol. The number of benzene rings is 1. The molecular formula is C17H19N5O2. The van der Waals surface area contributed by atoms with Gasteiger partial charge < -0.3 is 15.4 Å². The third kappa shape index (κ3) is 4.12. The number of carbonyl (C=O) groups is 1. The molecule has 7 nitrogen and oxygen atoms in total. The molecule has 3 rings (SSSR count). The highest BCUT2D eigenvalue weighted by Gasteiger charge is 2.18. The van der Waals surface area contributed by atoms with Crippen LogP contribution < -0.4 is 10.6 Å². The molecule has 1 saturated heterocycles. The minimum Gasteiger partial charge on any atom is -0.381 e. The van der Waals surface area contributed by atoms with Crippen LogP contribution in [0.3, 0.4) is 0 Å². The summed E-state index contributed by atoms with van der Waals surface area (Å²) >= 11 is 0. The van der Waals surface area contributed by atoms with Crippen molar-refractivity contribution in [2.24, 2.45) is 5.92 Å². The molecule has 0 saturated carbocycles. The summed E-state index contributed by atoms with van der Waals surface area (Å²) in [5.74, 6) is 0.981. The number of anilines is 2. The average Bonchev–Trinajstić information content (AvgIpc) is 3.26. The molecule has 2 heterocycles. The van der Waals surface area contributed by atoms with E-state index in [-0.39, 0.29) is 12.5 Å². The number of nitrogens with zero attached hydrogens (tertiary/aromatic N) is 3. The number of nitriles is 1. The van der Waals surface area contributed by atoms with E-state index in [1.165, 1.54) is 0 Å². The van der Waals surface area contributed by atoms with Crippen molar-refractivity contribution in [2.75, 3.05) is 30.4 Å². The lowest BCUT2D eigenvalue weighted by Gasteiger charge is -2.12. The highest BCUT2D eigenvalue weighted by Crippen LogP contribution is 2.17. The summed E-state index contributed by atoms with van der Waals surface area (Å²) in [4.78, 5) is 12.1. The van der Waals surface area contributed by atoms with E-state index in [0.29, 0.717) is 17.3 Å². The molecule has 1 aliphatic heterocycles. The first-order chi connectivity index (χ1) is 11.7. The molecule has 0 radical (unpaired) electrons. The van der Waals surface area contributed by atoms with Crippen molar-refractivity contribution in [3.05, 3.63) is 42.1 Å². The first-order valence-corrected chi connectivity index (χ1v) is 7.88. The lowest BCUT2D eigenvalue weighted by Crippen LogP contribution is -2.24. The van der Waals surface area contributed by atoms with Gasteiger partial charge in [-0.3, -0.25) is 4.79 Å². The van der Waals surface area contributed by atoms with Gasteiger partial charge in [-0.25, -0.2) is 4.68 Å². The maximum atomic E-state index is 12.1. The van der Waals surface area contributed by atoms with Crippen LogP contribution in [-0.2, 0) is 16.1 Å². The minimum atomic E-state index is -0.149. The van der Waals surface area contributed by atoms with Crippen LogP contribution in [0.25, 0.3) is 0 Å². The maximum Gasteiger partial charge on any atom is 0.244 e. The molecule has 124 valence electrons. The monoisotopic (exact) mass is 325 g/mol. The lowest BCUT2D eigenvalue weighted by atomic mass is 10.1. The number of amides is 1. The smallest absolute Gasteiger partial charge is 0.244 e. The maximum absolute atomic E-state index is 12.1. The minimum absolute atomic E-state index is 0.142. The Labute approximate surface area is 140 Å². The lowest BCUT2D eigenvalue weighted by molar-refractivity contribution is -0.114. The van der Waals surface area contributed by atoms with E-state index in [4.69, 9.17) is 10.00 Å². The van der Waals surface area contributed by atoms with Crippen molar-refractivity contribution < 1.29 is 9.53 Å². The van der Waals surface area contributed by atoms with Gasteiger partial charge in [-0.05, 0) is 30.7 Å². The number of hydrogen-bond donors (Lipinski definition) is 2. The largest absolute Gasteiger partial charge is 0.381 e. The Morgan fingerprint density at radius 3 is 2.92 bits per heavy atom. The van der Waals surface area contributed by atoms with Gasteiger partial charge in [-0.15, -0.1) is 0 Å². The number of nitrogens with one attached hydrogen (secondary N) is 2. The summed E-state index contributed by atoms with van der Waals surface area (Å²) in [5, 5.41) is 18.9. The molecule has 1 amide bonds. The zero-order chi connectivity index (χ0) is 16.8. The summed E-state index contributed by atoms with van der Waals surface area (Å²) in [6, 6.07) is 10.8. The first kappa shape index (κ1) is 16.0. The fourth-order valence-corrected chi connectivity index (χ4v) is 2.59. The van der Waals surface area contributed by atoms with Crippen molar-refractivity contribution in [1.29, 1.82) is 5.26 Å². The topological polar surface area (TPSA) is 92.0 Å². The summed E-state index contributed by atoms with van der Waals surface area (Å²) in [5.41, 5.74) is 1.38. The number of aromatic nitrogens is 2. The fraction of sp³-hybridized carbons (Fsp3) is 0.353. The highest BCUT2D eigenvalue weighted by molar-refractivity contribution is 5.93. The first-order valence-electron chi connectivity index (χ1n) is 7.88. The third-order valence-corrected chi connectivity index (χ3v) is 3.91. The Morgan fingerprint density at radius 2 is 2.21 bits per heavy atom. The van der Waals surface area contributed by atoms with E-state index in [0.717, 1.165) is 31.9 Å². The van der Waals surface area contributed by atoms with E-state index in [9.17, 15) is 4.79 Å². The normalized spacial score (nSPS) is 16.5. The average molecular weight is 325 g/mol. The fourth-order valence-electron chi connectivity index (χ4n) is 2.59. The molecule has 2 aromatic rings. The zero-order valence-electron chi connectivity index (χ0n) is 13.2. The molecule has 1 atom stereocenters. The van der Waals surface area contributed by atoms with Crippen molar-refractivity contribution in [2.45, 2.75) is 13.0 Å². The Bertz CT molecular complexity index is 726. The van der Waals surface area contributed by atoms with Crippen molar-refractivity contribution >= 4 is 17.4 Å². The van der Waals surface area contributed by atoms with Crippen LogP contribution in [0.15, 0.2) is 36.5 Å². The van der Waals surface area contributed by atoms with Crippen LogP contribution in [0.2, 0.25) is 0 Å². The van der Waals surface area contributed by atoms with Crippen LogP contribution in [0.4, 0.5) is 11.5 Å². The van der Waals surface area contributed by atoms with Crippen LogP contribution >= 0.6 is 0 Å². The van der Waals surface area contributed by atoms with Gasteiger partial charge in [0.25, 0.3) is 0 Å². The van der Waals surface area contributed by atoms with E-state index in [1.807, 2.05) is 0 Å². The summed E-state index contributed by atoms with van der Waals surface area (Å²) < 4.78 is 7.18. The third-order valence-electron chi connectivity index (χ3n) is 3.91. The molecule has 0 spiro atoms. The Balaban J connectivity index is 1.51. The molecule has 7 heteroatoms. The second-order valence-electron chi connectivity index (χ2n) is 5.72. The van der Waals surface area contributed by atoms with E-state index < -0.39 is 0 Å². The quantitative estimate of drug-likeness (QED) is 0.845. The zero-order valence-corrected chi connectivity index (χ0v) is 13.2. The van der Waals surface area contributed by atoms with Crippen molar-refractivity contribution in [3.8, 4) is 6.07 Å². The molecule has 0 aliphatic carbocycles. The second-order valence-corrected chi connectivity index (χ2v) is 5.72. The SMILES string of the molecule is N#Cc1ccc(NCC(=O)Nc2ccnn2CC2CCOC2)cc1. The summed E-state index contributed by atoms with van der Waals surface area (Å²) in [6.45, 7) is 2.42. The van der Waals surface area contributed by atoms with Gasteiger partial charge in [0.05, 0.1) is 31.0 Å². The van der Waals surface area contributed by atoms with Gasteiger partial charge in [0.15, 0.2) is 0 Å². The molecule has 24 heavy (non-hydrogen) atoms. The summed E-state index contributed by atoms with van der Waals surface area (Å²) in [6.07, 6.45) is 2.70. The van der Waals surface area contributed by atoms with Gasteiger partial charge in [0.1, 0.15) is 5.82 Å². The Hall–Kier alpha value is -2.85. The van der Waals surface area contributed by atoms with Gasteiger partial charge in [0.2, 0.25) is 5.91 Å². The van der Waals surface area contributed by atoms with Crippen LogP contribution in [0.5, 0.6) is 0 Å². The molecule has 0 bridgehead atoms. The molecule has 1 unspecified atom stereocenters.